The van der Waals surface area contributed by atoms with Crippen LogP contribution in [0.4, 0.5) is 0 Å². The molecule has 0 fully saturated rings. The Kier molecular flexibility index (Phi) is 2.61. The standard InChI is InChI=1S/C14H10N4O2S/c19-18(20)9-5-6-13-15-11(8-17(13)7-9)14-16-10-3-1-2-4-12(10)21-14/h1-7,11H,8H2. The molecule has 1 aromatic heterocycles. The van der Waals surface area contributed by atoms with Gasteiger partial charge in [-0.25, -0.2) is 4.98 Å². The van der Waals surface area contributed by atoms with Gasteiger partial charge in [-0.3, -0.25) is 15.1 Å². The third-order valence-corrected chi connectivity index (χ3v) is 4.59. The molecule has 2 aliphatic heterocycles. The third-order valence-electron chi connectivity index (χ3n) is 3.45. The Balaban J connectivity index is 1.66. The highest BCUT2D eigenvalue weighted by atomic mass is 32.1. The van der Waals surface area contributed by atoms with E-state index < -0.39 is 4.92 Å². The van der Waals surface area contributed by atoms with Crippen LogP contribution in [0.25, 0.3) is 10.2 Å². The van der Waals surface area contributed by atoms with Gasteiger partial charge in [-0.15, -0.1) is 11.3 Å². The average Bonchev–Trinajstić information content (AvgIpc) is 3.09. The van der Waals surface area contributed by atoms with Crippen LogP contribution in [-0.2, 0) is 0 Å². The lowest BCUT2D eigenvalue weighted by atomic mass is 10.3. The number of nitrogens with zero attached hydrogens (tertiary/aromatic N) is 4. The minimum Gasteiger partial charge on any atom is -0.324 e. The van der Waals surface area contributed by atoms with Crippen molar-refractivity contribution in [1.29, 1.82) is 0 Å². The third kappa shape index (κ3) is 2.02. The summed E-state index contributed by atoms with van der Waals surface area (Å²) in [4.78, 5) is 21.5. The van der Waals surface area contributed by atoms with Crippen LogP contribution >= 0.6 is 11.3 Å². The van der Waals surface area contributed by atoms with Crippen molar-refractivity contribution in [2.75, 3.05) is 6.54 Å². The zero-order valence-electron chi connectivity index (χ0n) is 10.8. The van der Waals surface area contributed by atoms with E-state index in [1.54, 1.807) is 17.4 Å². The Bertz CT molecular complexity index is 803. The molecule has 104 valence electrons. The van der Waals surface area contributed by atoms with Crippen LogP contribution in [0.1, 0.15) is 11.0 Å². The molecule has 2 aliphatic rings. The van der Waals surface area contributed by atoms with E-state index in [2.05, 4.69) is 9.98 Å². The van der Waals surface area contributed by atoms with Gasteiger partial charge < -0.3 is 4.90 Å². The van der Waals surface area contributed by atoms with Gasteiger partial charge in [-0.2, -0.15) is 0 Å². The first-order valence-electron chi connectivity index (χ1n) is 6.45. The predicted octanol–water partition coefficient (Wildman–Crippen LogP) is 2.74. The van der Waals surface area contributed by atoms with Gasteiger partial charge >= 0.3 is 0 Å². The molecule has 0 spiro atoms. The molecule has 1 unspecified atom stereocenters. The first kappa shape index (κ1) is 12.2. The van der Waals surface area contributed by atoms with Crippen molar-refractivity contribution in [3.8, 4) is 0 Å². The van der Waals surface area contributed by atoms with Crippen LogP contribution in [0.2, 0.25) is 0 Å². The average molecular weight is 298 g/mol. The van der Waals surface area contributed by atoms with Gasteiger partial charge in [0.25, 0.3) is 5.70 Å². The molecule has 0 saturated carbocycles. The zero-order chi connectivity index (χ0) is 14.4. The lowest BCUT2D eigenvalue weighted by molar-refractivity contribution is -0.420. The van der Waals surface area contributed by atoms with Crippen molar-refractivity contribution in [2.24, 2.45) is 4.99 Å². The van der Waals surface area contributed by atoms with Crippen molar-refractivity contribution in [1.82, 2.24) is 9.88 Å². The SMILES string of the molecule is O=[N+]([O-])C1=CN2CC(c3nc4ccccc4s3)N=C2C=C1. The maximum Gasteiger partial charge on any atom is 0.285 e. The second-order valence-corrected chi connectivity index (χ2v) is 5.88. The summed E-state index contributed by atoms with van der Waals surface area (Å²) in [5, 5.41) is 11.8. The van der Waals surface area contributed by atoms with Gasteiger partial charge in [0, 0.05) is 6.08 Å². The fourth-order valence-electron chi connectivity index (χ4n) is 2.45. The number of aromatic nitrogens is 1. The van der Waals surface area contributed by atoms with Crippen molar-refractivity contribution in [2.45, 2.75) is 6.04 Å². The molecule has 4 rings (SSSR count). The van der Waals surface area contributed by atoms with Gasteiger partial charge in [-0.1, -0.05) is 12.1 Å². The van der Waals surface area contributed by atoms with Crippen LogP contribution in [0, 0.1) is 10.1 Å². The monoisotopic (exact) mass is 298 g/mol. The summed E-state index contributed by atoms with van der Waals surface area (Å²) in [6.45, 7) is 0.594. The number of benzene rings is 1. The number of hydrogen-bond donors (Lipinski definition) is 0. The number of hydrogen-bond acceptors (Lipinski definition) is 6. The van der Waals surface area contributed by atoms with Gasteiger partial charge in [0.05, 0.1) is 27.9 Å². The quantitative estimate of drug-likeness (QED) is 0.631. The van der Waals surface area contributed by atoms with Gasteiger partial charge in [0.15, 0.2) is 0 Å². The number of nitro groups is 1. The van der Waals surface area contributed by atoms with Crippen molar-refractivity contribution in [3.05, 3.63) is 63.4 Å². The lowest BCUT2D eigenvalue weighted by Gasteiger charge is -2.15. The number of fused-ring (bicyclic) bond motifs is 2. The predicted molar refractivity (Wildman–Crippen MR) is 80.7 cm³/mol. The number of para-hydroxylation sites is 1. The Morgan fingerprint density at radius 2 is 2.19 bits per heavy atom. The summed E-state index contributed by atoms with van der Waals surface area (Å²) in [6.07, 6.45) is 4.70. The Morgan fingerprint density at radius 3 is 3.00 bits per heavy atom. The summed E-state index contributed by atoms with van der Waals surface area (Å²) < 4.78 is 1.13. The maximum atomic E-state index is 10.8. The molecule has 3 heterocycles. The Labute approximate surface area is 123 Å². The minimum atomic E-state index is -0.391. The van der Waals surface area contributed by atoms with E-state index in [1.165, 1.54) is 12.3 Å². The van der Waals surface area contributed by atoms with E-state index in [-0.39, 0.29) is 11.7 Å². The van der Waals surface area contributed by atoms with Gasteiger partial charge in [0.1, 0.15) is 16.9 Å². The fourth-order valence-corrected chi connectivity index (χ4v) is 3.45. The Morgan fingerprint density at radius 1 is 1.33 bits per heavy atom. The van der Waals surface area contributed by atoms with Crippen LogP contribution in [0.15, 0.2) is 53.3 Å². The topological polar surface area (TPSA) is 71.6 Å². The van der Waals surface area contributed by atoms with E-state index >= 15 is 0 Å². The summed E-state index contributed by atoms with van der Waals surface area (Å²) >= 11 is 1.62. The van der Waals surface area contributed by atoms with E-state index in [0.717, 1.165) is 21.1 Å². The summed E-state index contributed by atoms with van der Waals surface area (Å²) in [5.74, 6) is 0.754. The minimum absolute atomic E-state index is 0.0654. The van der Waals surface area contributed by atoms with Gasteiger partial charge in [0.2, 0.25) is 0 Å². The molecule has 0 bridgehead atoms. The molecule has 0 amide bonds. The highest BCUT2D eigenvalue weighted by Crippen LogP contribution is 2.33. The van der Waals surface area contributed by atoms with Gasteiger partial charge in [-0.05, 0) is 18.2 Å². The fraction of sp³-hybridized carbons (Fsp3) is 0.143. The smallest absolute Gasteiger partial charge is 0.285 e. The first-order valence-corrected chi connectivity index (χ1v) is 7.26. The lowest BCUT2D eigenvalue weighted by Crippen LogP contribution is -2.24. The van der Waals surface area contributed by atoms with Crippen LogP contribution in [-0.4, -0.2) is 27.2 Å². The molecule has 1 atom stereocenters. The summed E-state index contributed by atoms with van der Waals surface area (Å²) in [5.41, 5.74) is 1.05. The molecule has 0 N–H and O–H groups in total. The van der Waals surface area contributed by atoms with Crippen molar-refractivity contribution >= 4 is 27.4 Å². The number of allylic oxidation sites excluding steroid dienone is 1. The Hall–Kier alpha value is -2.54. The molecule has 6 nitrogen and oxygen atoms in total. The number of thiazole rings is 1. The van der Waals surface area contributed by atoms with Crippen LogP contribution in [0.3, 0.4) is 0 Å². The highest BCUT2D eigenvalue weighted by Gasteiger charge is 2.30. The second-order valence-electron chi connectivity index (χ2n) is 4.82. The molecular formula is C14H10N4O2S. The largest absolute Gasteiger partial charge is 0.324 e. The maximum absolute atomic E-state index is 10.8. The molecule has 0 saturated heterocycles. The molecule has 1 aromatic carbocycles. The molecule has 21 heavy (non-hydrogen) atoms. The van der Waals surface area contributed by atoms with E-state index in [1.807, 2.05) is 29.2 Å². The number of aliphatic imine (C=N–C) groups is 1. The molecule has 0 radical (unpaired) electrons. The second kappa shape index (κ2) is 4.49. The van der Waals surface area contributed by atoms with Crippen LogP contribution in [0.5, 0.6) is 0 Å². The number of rotatable bonds is 2. The molecule has 2 aromatic rings. The summed E-state index contributed by atoms with van der Waals surface area (Å²) in [7, 11) is 0. The van der Waals surface area contributed by atoms with E-state index in [0.29, 0.717) is 6.54 Å². The first-order chi connectivity index (χ1) is 10.2. The van der Waals surface area contributed by atoms with E-state index in [9.17, 15) is 10.1 Å². The molecular weight excluding hydrogens is 288 g/mol. The normalized spacial score (nSPS) is 20.4. The van der Waals surface area contributed by atoms with Crippen LogP contribution < -0.4 is 0 Å². The number of amidine groups is 1. The van der Waals surface area contributed by atoms with E-state index in [4.69, 9.17) is 0 Å². The molecule has 7 heteroatoms. The molecule has 0 aliphatic carbocycles. The summed E-state index contributed by atoms with van der Waals surface area (Å²) in [6, 6.07) is 7.91. The highest BCUT2D eigenvalue weighted by molar-refractivity contribution is 7.18. The zero-order valence-corrected chi connectivity index (χ0v) is 11.7. The van der Waals surface area contributed by atoms with Crippen molar-refractivity contribution < 1.29 is 4.92 Å². The van der Waals surface area contributed by atoms with Crippen molar-refractivity contribution in [3.63, 3.8) is 0 Å².